The third kappa shape index (κ3) is 2.33. The molecule has 0 aromatic carbocycles. The minimum absolute atomic E-state index is 0.231. The Morgan fingerprint density at radius 3 is 3.00 bits per heavy atom. The highest BCUT2D eigenvalue weighted by molar-refractivity contribution is 5.42. The van der Waals surface area contributed by atoms with E-state index in [-0.39, 0.29) is 5.95 Å². The molecule has 1 heterocycles. The van der Waals surface area contributed by atoms with Crippen molar-refractivity contribution in [3.05, 3.63) is 12.0 Å². The summed E-state index contributed by atoms with van der Waals surface area (Å²) in [6, 6.07) is 0. The van der Waals surface area contributed by atoms with Gasteiger partial charge in [-0.25, -0.2) is 15.2 Å². The molecule has 0 atom stereocenters. The Kier molecular flexibility index (Phi) is 2.68. The van der Waals surface area contributed by atoms with Crippen LogP contribution < -0.4 is 16.2 Å². The van der Waals surface area contributed by atoms with Crippen LogP contribution in [0.2, 0.25) is 0 Å². The van der Waals surface area contributed by atoms with Crippen LogP contribution in [0.25, 0.3) is 0 Å². The van der Waals surface area contributed by atoms with Crippen molar-refractivity contribution >= 4 is 11.8 Å². The van der Waals surface area contributed by atoms with Crippen molar-refractivity contribution in [3.8, 4) is 0 Å². The summed E-state index contributed by atoms with van der Waals surface area (Å²) in [7, 11) is 1.82. The number of nitrogens with two attached hydrogens (primary N) is 1. The molecule has 0 radical (unpaired) electrons. The molecule has 6 heteroatoms. The zero-order valence-electron chi connectivity index (χ0n) is 8.57. The van der Waals surface area contributed by atoms with Gasteiger partial charge in [0.15, 0.2) is 11.6 Å². The van der Waals surface area contributed by atoms with Crippen LogP contribution in [0.4, 0.5) is 16.2 Å². The quantitative estimate of drug-likeness (QED) is 0.568. The maximum Gasteiger partial charge on any atom is 0.239 e. The van der Waals surface area contributed by atoms with E-state index in [2.05, 4.69) is 15.4 Å². The van der Waals surface area contributed by atoms with E-state index in [1.807, 2.05) is 7.05 Å². The second-order valence-corrected chi connectivity index (χ2v) is 3.83. The first-order valence-electron chi connectivity index (χ1n) is 4.91. The normalized spacial score (nSPS) is 15.1. The average Bonchev–Trinajstić information content (AvgIpc) is 3.02. The first kappa shape index (κ1) is 10.1. The van der Waals surface area contributed by atoms with Gasteiger partial charge >= 0.3 is 0 Å². The molecule has 15 heavy (non-hydrogen) atoms. The molecule has 3 N–H and O–H groups in total. The number of nitrogen functional groups attached to an aromatic ring is 1. The number of rotatable bonds is 4. The maximum atomic E-state index is 13.4. The lowest BCUT2D eigenvalue weighted by Gasteiger charge is -2.18. The number of halogens is 1. The number of hydrogen-bond acceptors (Lipinski definition) is 5. The van der Waals surface area contributed by atoms with Crippen molar-refractivity contribution in [2.45, 2.75) is 12.8 Å². The van der Waals surface area contributed by atoms with E-state index in [1.54, 1.807) is 4.90 Å². The fourth-order valence-electron chi connectivity index (χ4n) is 1.47. The summed E-state index contributed by atoms with van der Waals surface area (Å²) in [4.78, 5) is 9.46. The summed E-state index contributed by atoms with van der Waals surface area (Å²) in [5.41, 5.74) is 2.30. The average molecular weight is 211 g/mol. The maximum absolute atomic E-state index is 13.4. The van der Waals surface area contributed by atoms with Crippen molar-refractivity contribution in [1.29, 1.82) is 0 Å². The molecule has 82 valence electrons. The van der Waals surface area contributed by atoms with E-state index >= 15 is 0 Å². The number of aromatic nitrogens is 2. The van der Waals surface area contributed by atoms with Crippen LogP contribution in [0, 0.1) is 11.7 Å². The zero-order chi connectivity index (χ0) is 10.8. The Labute approximate surface area is 87.5 Å². The van der Waals surface area contributed by atoms with Crippen molar-refractivity contribution in [3.63, 3.8) is 0 Å². The highest BCUT2D eigenvalue weighted by Gasteiger charge is 2.24. The van der Waals surface area contributed by atoms with Gasteiger partial charge in [0.05, 0.1) is 6.20 Å². The predicted octanol–water partition coefficient (Wildman–Crippen LogP) is 0.748. The lowest BCUT2D eigenvalue weighted by Crippen LogP contribution is -2.23. The lowest BCUT2D eigenvalue weighted by atomic mass is 10.4. The summed E-state index contributed by atoms with van der Waals surface area (Å²) >= 11 is 0. The van der Waals surface area contributed by atoms with Crippen LogP contribution in [0.3, 0.4) is 0 Å². The molecule has 2 rings (SSSR count). The molecule has 0 unspecified atom stereocenters. The van der Waals surface area contributed by atoms with E-state index < -0.39 is 5.82 Å². The molecule has 1 aromatic heterocycles. The van der Waals surface area contributed by atoms with E-state index in [9.17, 15) is 4.39 Å². The van der Waals surface area contributed by atoms with Crippen molar-refractivity contribution in [2.75, 3.05) is 23.9 Å². The monoisotopic (exact) mass is 211 g/mol. The van der Waals surface area contributed by atoms with E-state index in [0.717, 1.165) is 12.7 Å². The SMILES string of the molecule is CN(CC1CC1)c1nc(NN)ncc1F. The zero-order valence-corrected chi connectivity index (χ0v) is 8.57. The molecular weight excluding hydrogens is 197 g/mol. The van der Waals surface area contributed by atoms with E-state index in [0.29, 0.717) is 11.7 Å². The molecule has 0 bridgehead atoms. The van der Waals surface area contributed by atoms with Crippen LogP contribution in [0.1, 0.15) is 12.8 Å². The van der Waals surface area contributed by atoms with E-state index in [1.165, 1.54) is 12.8 Å². The Balaban J connectivity index is 2.16. The van der Waals surface area contributed by atoms with Gasteiger partial charge in [0.1, 0.15) is 0 Å². The van der Waals surface area contributed by atoms with E-state index in [4.69, 9.17) is 5.84 Å². The summed E-state index contributed by atoms with van der Waals surface area (Å²) in [5.74, 6) is 5.95. The highest BCUT2D eigenvalue weighted by atomic mass is 19.1. The van der Waals surface area contributed by atoms with Crippen molar-refractivity contribution in [2.24, 2.45) is 11.8 Å². The Morgan fingerprint density at radius 2 is 2.40 bits per heavy atom. The Morgan fingerprint density at radius 1 is 1.67 bits per heavy atom. The Bertz CT molecular complexity index is 352. The summed E-state index contributed by atoms with van der Waals surface area (Å²) in [6.45, 7) is 0.831. The molecule has 1 aromatic rings. The number of anilines is 2. The van der Waals surface area contributed by atoms with Crippen molar-refractivity contribution in [1.82, 2.24) is 9.97 Å². The van der Waals surface area contributed by atoms with Gasteiger partial charge in [-0.15, -0.1) is 0 Å². The lowest BCUT2D eigenvalue weighted by molar-refractivity contribution is 0.604. The molecule has 1 fully saturated rings. The standard InChI is InChI=1S/C9H14FN5/c1-15(5-6-2-3-6)8-7(10)4-12-9(13-8)14-11/h4,6H,2-3,5,11H2,1H3,(H,12,13,14). The van der Waals surface area contributed by atoms with Gasteiger partial charge in [0.25, 0.3) is 0 Å². The number of nitrogens with zero attached hydrogens (tertiary/aromatic N) is 3. The van der Waals surface area contributed by atoms with Gasteiger partial charge in [0, 0.05) is 13.6 Å². The molecular formula is C9H14FN5. The minimum atomic E-state index is -0.419. The predicted molar refractivity (Wildman–Crippen MR) is 55.8 cm³/mol. The number of hydrogen-bond donors (Lipinski definition) is 2. The fraction of sp³-hybridized carbons (Fsp3) is 0.556. The second kappa shape index (κ2) is 3.98. The smallest absolute Gasteiger partial charge is 0.239 e. The van der Waals surface area contributed by atoms with Crippen LogP contribution >= 0.6 is 0 Å². The molecule has 5 nitrogen and oxygen atoms in total. The highest BCUT2D eigenvalue weighted by Crippen LogP contribution is 2.30. The summed E-state index contributed by atoms with van der Waals surface area (Å²) in [6.07, 6.45) is 3.57. The first-order valence-corrected chi connectivity index (χ1v) is 4.91. The topological polar surface area (TPSA) is 67.1 Å². The van der Waals surface area contributed by atoms with Crippen LogP contribution in [0.5, 0.6) is 0 Å². The fourth-order valence-corrected chi connectivity index (χ4v) is 1.47. The van der Waals surface area contributed by atoms with Gasteiger partial charge < -0.3 is 4.90 Å². The summed E-state index contributed by atoms with van der Waals surface area (Å²) in [5, 5.41) is 0. The molecule has 1 saturated carbocycles. The molecule has 0 aliphatic heterocycles. The third-order valence-corrected chi connectivity index (χ3v) is 2.45. The van der Waals surface area contributed by atoms with Crippen LogP contribution in [-0.2, 0) is 0 Å². The van der Waals surface area contributed by atoms with Gasteiger partial charge in [-0.1, -0.05) is 0 Å². The molecule has 0 amide bonds. The Hall–Kier alpha value is -1.43. The molecule has 0 saturated heterocycles. The first-order chi connectivity index (χ1) is 7.20. The number of hydrazine groups is 1. The molecule has 0 spiro atoms. The van der Waals surface area contributed by atoms with Gasteiger partial charge in [-0.2, -0.15) is 4.98 Å². The van der Waals surface area contributed by atoms with Gasteiger partial charge in [0.2, 0.25) is 5.95 Å². The summed E-state index contributed by atoms with van der Waals surface area (Å²) < 4.78 is 13.4. The van der Waals surface area contributed by atoms with Crippen LogP contribution in [0.15, 0.2) is 6.20 Å². The number of nitrogens with one attached hydrogen (secondary N) is 1. The molecule has 1 aliphatic carbocycles. The largest absolute Gasteiger partial charge is 0.357 e. The second-order valence-electron chi connectivity index (χ2n) is 3.83. The van der Waals surface area contributed by atoms with Crippen molar-refractivity contribution < 1.29 is 4.39 Å². The third-order valence-electron chi connectivity index (χ3n) is 2.45. The minimum Gasteiger partial charge on any atom is -0.357 e. The molecule has 1 aliphatic rings. The van der Waals surface area contributed by atoms with Crippen LogP contribution in [-0.4, -0.2) is 23.6 Å². The van der Waals surface area contributed by atoms with Gasteiger partial charge in [-0.05, 0) is 18.8 Å². The van der Waals surface area contributed by atoms with Gasteiger partial charge in [-0.3, -0.25) is 5.43 Å².